The van der Waals surface area contributed by atoms with Crippen molar-refractivity contribution >= 4 is 17.4 Å². The zero-order valence-electron chi connectivity index (χ0n) is 17.7. The number of fused-ring (bicyclic) bond motifs is 1. The van der Waals surface area contributed by atoms with Crippen LogP contribution in [0.25, 0.3) is 5.69 Å². The Labute approximate surface area is 175 Å². The first-order chi connectivity index (χ1) is 14.2. The zero-order chi connectivity index (χ0) is 21.6. The lowest BCUT2D eigenvalue weighted by Gasteiger charge is -2.30. The number of nitrogens with zero attached hydrogens (tertiary/aromatic N) is 1. The van der Waals surface area contributed by atoms with Gasteiger partial charge < -0.3 is 20.4 Å². The highest BCUT2D eigenvalue weighted by Crippen LogP contribution is 2.39. The lowest BCUT2D eigenvalue weighted by atomic mass is 9.75. The highest BCUT2D eigenvalue weighted by atomic mass is 19.1. The van der Waals surface area contributed by atoms with E-state index in [1.807, 2.05) is 17.7 Å². The Bertz CT molecular complexity index is 1020. The van der Waals surface area contributed by atoms with Crippen LogP contribution in [0.15, 0.2) is 18.3 Å². The number of hydrogen-bond acceptors (Lipinski definition) is 4. The molecule has 1 amide bonds. The van der Waals surface area contributed by atoms with E-state index in [-0.39, 0.29) is 22.8 Å². The van der Waals surface area contributed by atoms with Crippen LogP contribution in [0, 0.1) is 11.2 Å². The van der Waals surface area contributed by atoms with E-state index >= 15 is 4.39 Å². The lowest BCUT2D eigenvalue weighted by Crippen LogP contribution is -2.28. The molecule has 1 unspecified atom stereocenters. The second-order valence-electron chi connectivity index (χ2n) is 9.06. The molecule has 1 aromatic heterocycles. The molecule has 2 aromatic rings. The first-order valence-electron chi connectivity index (χ1n) is 10.4. The van der Waals surface area contributed by atoms with Gasteiger partial charge in [-0.25, -0.2) is 4.39 Å². The largest absolute Gasteiger partial charge is 0.379 e. The van der Waals surface area contributed by atoms with Gasteiger partial charge in [-0.1, -0.05) is 20.8 Å². The molecular formula is C23H28FN3O3. The number of nitrogens with one attached hydrogen (secondary N) is 1. The molecule has 0 spiro atoms. The maximum absolute atomic E-state index is 15.0. The monoisotopic (exact) mass is 413 g/mol. The van der Waals surface area contributed by atoms with Crippen LogP contribution in [0.2, 0.25) is 0 Å². The third-order valence-electron chi connectivity index (χ3n) is 6.02. The van der Waals surface area contributed by atoms with Crippen molar-refractivity contribution in [3.8, 4) is 5.69 Å². The Kier molecular flexibility index (Phi) is 5.18. The van der Waals surface area contributed by atoms with Gasteiger partial charge in [-0.05, 0) is 42.4 Å². The van der Waals surface area contributed by atoms with E-state index in [0.29, 0.717) is 43.9 Å². The van der Waals surface area contributed by atoms with Crippen LogP contribution in [-0.2, 0) is 17.6 Å². The topological polar surface area (TPSA) is 86.3 Å². The summed E-state index contributed by atoms with van der Waals surface area (Å²) in [5.74, 6) is -1.36. The highest BCUT2D eigenvalue weighted by Gasteiger charge is 2.35. The maximum atomic E-state index is 15.0. The molecule has 0 radical (unpaired) electrons. The van der Waals surface area contributed by atoms with Crippen molar-refractivity contribution in [1.82, 2.24) is 4.57 Å². The number of benzene rings is 1. The smallest absolute Gasteiger partial charge is 0.253 e. The van der Waals surface area contributed by atoms with Crippen molar-refractivity contribution in [1.29, 1.82) is 0 Å². The zero-order valence-corrected chi connectivity index (χ0v) is 17.7. The molecule has 1 aliphatic heterocycles. The Balaban J connectivity index is 1.86. The van der Waals surface area contributed by atoms with Gasteiger partial charge in [0.25, 0.3) is 5.91 Å². The van der Waals surface area contributed by atoms with Crippen molar-refractivity contribution in [3.05, 3.63) is 46.5 Å². The van der Waals surface area contributed by atoms with E-state index in [9.17, 15) is 9.59 Å². The first kappa shape index (κ1) is 20.6. The van der Waals surface area contributed by atoms with Crippen LogP contribution in [0.3, 0.4) is 0 Å². The molecule has 30 heavy (non-hydrogen) atoms. The highest BCUT2D eigenvalue weighted by molar-refractivity contribution is 6.01. The molecular weight excluding hydrogens is 385 g/mol. The number of primary amides is 1. The standard InChI is InChI=1S/C23H28FN3O3/c1-4-13-11-27(18-9-23(2,3)10-19(28)20(13)18)15-7-16(24)21(22(25)29)17(8-15)26-14-5-6-30-12-14/h7-8,11,14,26H,4-6,9-10,12H2,1-3H3,(H2,25,29). The minimum atomic E-state index is -0.819. The second-order valence-corrected chi connectivity index (χ2v) is 9.06. The lowest BCUT2D eigenvalue weighted by molar-refractivity contribution is 0.0909. The molecule has 1 atom stereocenters. The molecule has 160 valence electrons. The molecule has 1 saturated heterocycles. The van der Waals surface area contributed by atoms with Gasteiger partial charge in [0.05, 0.1) is 29.6 Å². The van der Waals surface area contributed by atoms with Gasteiger partial charge in [-0.2, -0.15) is 0 Å². The number of carbonyl (C=O) groups is 2. The molecule has 6 nitrogen and oxygen atoms in total. The van der Waals surface area contributed by atoms with Crippen LogP contribution in [0.5, 0.6) is 0 Å². The summed E-state index contributed by atoms with van der Waals surface area (Å²) in [5, 5.41) is 3.22. The normalized spacial score (nSPS) is 20.3. The molecule has 2 heterocycles. The minimum Gasteiger partial charge on any atom is -0.379 e. The summed E-state index contributed by atoms with van der Waals surface area (Å²) < 4.78 is 22.3. The van der Waals surface area contributed by atoms with Crippen LogP contribution in [0.1, 0.15) is 65.6 Å². The van der Waals surface area contributed by atoms with Gasteiger partial charge in [0.15, 0.2) is 5.78 Å². The number of rotatable bonds is 5. The first-order valence-corrected chi connectivity index (χ1v) is 10.4. The fourth-order valence-corrected chi connectivity index (χ4v) is 4.62. The van der Waals surface area contributed by atoms with Crippen molar-refractivity contribution < 1.29 is 18.7 Å². The average molecular weight is 413 g/mol. The molecule has 7 heteroatoms. The summed E-state index contributed by atoms with van der Waals surface area (Å²) in [5.41, 5.74) is 8.69. The Morgan fingerprint density at radius 1 is 1.37 bits per heavy atom. The number of aromatic nitrogens is 1. The number of nitrogens with two attached hydrogens (primary N) is 1. The number of anilines is 1. The number of hydrogen-bond donors (Lipinski definition) is 2. The third kappa shape index (κ3) is 3.62. The van der Waals surface area contributed by atoms with E-state index < -0.39 is 11.7 Å². The molecule has 0 saturated carbocycles. The Morgan fingerprint density at radius 2 is 2.13 bits per heavy atom. The number of carbonyl (C=O) groups excluding carboxylic acids is 2. The number of halogens is 1. The molecule has 2 aliphatic rings. The van der Waals surface area contributed by atoms with Crippen LogP contribution in [-0.4, -0.2) is 35.5 Å². The van der Waals surface area contributed by atoms with Gasteiger partial charge >= 0.3 is 0 Å². The molecule has 0 bridgehead atoms. The Hall–Kier alpha value is -2.67. The molecule has 1 aliphatic carbocycles. The molecule has 1 fully saturated rings. The maximum Gasteiger partial charge on any atom is 0.253 e. The third-order valence-corrected chi connectivity index (χ3v) is 6.02. The summed E-state index contributed by atoms with van der Waals surface area (Å²) in [6, 6.07) is 3.05. The van der Waals surface area contributed by atoms with Gasteiger partial charge in [0.1, 0.15) is 5.82 Å². The summed E-state index contributed by atoms with van der Waals surface area (Å²) in [6.45, 7) is 7.26. The summed E-state index contributed by atoms with van der Waals surface area (Å²) in [7, 11) is 0. The molecule has 1 aromatic carbocycles. The number of ketones is 1. The fourth-order valence-electron chi connectivity index (χ4n) is 4.62. The van der Waals surface area contributed by atoms with Gasteiger partial charge in [-0.15, -0.1) is 0 Å². The Morgan fingerprint density at radius 3 is 2.77 bits per heavy atom. The van der Waals surface area contributed by atoms with Gasteiger partial charge in [0.2, 0.25) is 0 Å². The number of amides is 1. The van der Waals surface area contributed by atoms with Gasteiger partial charge in [-0.3, -0.25) is 9.59 Å². The predicted octanol–water partition coefficient (Wildman–Crippen LogP) is 3.63. The van der Waals surface area contributed by atoms with E-state index in [2.05, 4.69) is 19.2 Å². The minimum absolute atomic E-state index is 0.0111. The number of ether oxygens (including phenoxy) is 1. The quantitative estimate of drug-likeness (QED) is 0.784. The van der Waals surface area contributed by atoms with Gasteiger partial charge in [0, 0.05) is 30.5 Å². The van der Waals surface area contributed by atoms with E-state index in [1.54, 1.807) is 6.07 Å². The molecule has 4 rings (SSSR count). The van der Waals surface area contributed by atoms with Crippen molar-refractivity contribution in [2.24, 2.45) is 11.1 Å². The van der Waals surface area contributed by atoms with E-state index in [1.165, 1.54) is 6.07 Å². The van der Waals surface area contributed by atoms with E-state index in [0.717, 1.165) is 23.2 Å². The van der Waals surface area contributed by atoms with Crippen molar-refractivity contribution in [2.75, 3.05) is 18.5 Å². The SMILES string of the molecule is CCc1cn(-c2cc(F)c(C(N)=O)c(NC3CCOC3)c2)c2c1C(=O)CC(C)(C)C2. The second kappa shape index (κ2) is 7.54. The van der Waals surface area contributed by atoms with Crippen LogP contribution < -0.4 is 11.1 Å². The average Bonchev–Trinajstić information content (AvgIpc) is 3.27. The predicted molar refractivity (Wildman–Crippen MR) is 113 cm³/mol. The number of Topliss-reactive ketones (excluding diaryl/α,β-unsaturated/α-hetero) is 1. The fraction of sp³-hybridized carbons (Fsp3) is 0.478. The van der Waals surface area contributed by atoms with E-state index in [4.69, 9.17) is 10.5 Å². The summed E-state index contributed by atoms with van der Waals surface area (Å²) in [6.07, 6.45) is 4.62. The van der Waals surface area contributed by atoms with Crippen molar-refractivity contribution in [2.45, 2.75) is 52.5 Å². The van der Waals surface area contributed by atoms with Crippen molar-refractivity contribution in [3.63, 3.8) is 0 Å². The van der Waals surface area contributed by atoms with Crippen LogP contribution >= 0.6 is 0 Å². The van der Waals surface area contributed by atoms with Crippen LogP contribution in [0.4, 0.5) is 10.1 Å². The summed E-state index contributed by atoms with van der Waals surface area (Å²) in [4.78, 5) is 24.8. The number of aryl methyl sites for hydroxylation is 1. The molecule has 3 N–H and O–H groups in total. The summed E-state index contributed by atoms with van der Waals surface area (Å²) >= 11 is 0.